The summed E-state index contributed by atoms with van der Waals surface area (Å²) in [4.78, 5) is 20.7. The van der Waals surface area contributed by atoms with E-state index < -0.39 is 30.3 Å². The summed E-state index contributed by atoms with van der Waals surface area (Å²) in [5.74, 6) is -5.25. The zero-order valence-electron chi connectivity index (χ0n) is 7.60. The van der Waals surface area contributed by atoms with Crippen LogP contribution in [0.4, 0.5) is 0 Å². The highest BCUT2D eigenvalue weighted by Gasteiger charge is 2.38. The largest absolute Gasteiger partial charge is 0.480 e. The maximum Gasteiger partial charge on any atom is 0.326 e. The van der Waals surface area contributed by atoms with Gasteiger partial charge in [-0.25, -0.2) is 0 Å². The molecule has 0 aromatic heterocycles. The Labute approximate surface area is 80.0 Å². The van der Waals surface area contributed by atoms with Crippen LogP contribution in [0.15, 0.2) is 0 Å². The fourth-order valence-corrected chi connectivity index (χ4v) is 0.842. The normalized spacial score (nSPS) is 13.6. The van der Waals surface area contributed by atoms with E-state index >= 15 is 0 Å². The van der Waals surface area contributed by atoms with Gasteiger partial charge in [-0.05, 0) is 0 Å². The number of carboxylic acids is 2. The number of hydrogen-bond donors (Lipinski definition) is 5. The molecule has 0 aliphatic heterocycles. The average molecular weight is 207 g/mol. The SMILES string of the molecule is CCC(O)(O)C(NCC(=O)O)C(=O)O. The van der Waals surface area contributed by atoms with Crippen LogP contribution in [0.1, 0.15) is 13.3 Å². The van der Waals surface area contributed by atoms with Crippen molar-refractivity contribution in [3.05, 3.63) is 0 Å². The molecule has 0 bridgehead atoms. The van der Waals surface area contributed by atoms with Gasteiger partial charge in [-0.1, -0.05) is 6.92 Å². The predicted octanol–water partition coefficient (Wildman–Crippen LogP) is -1.80. The van der Waals surface area contributed by atoms with Gasteiger partial charge < -0.3 is 20.4 Å². The van der Waals surface area contributed by atoms with Gasteiger partial charge in [0.15, 0.2) is 11.8 Å². The molecule has 7 heteroatoms. The van der Waals surface area contributed by atoms with Crippen LogP contribution in [0, 0.1) is 0 Å². The van der Waals surface area contributed by atoms with Crippen molar-refractivity contribution in [2.24, 2.45) is 0 Å². The highest BCUT2D eigenvalue weighted by Crippen LogP contribution is 2.11. The first-order chi connectivity index (χ1) is 6.31. The van der Waals surface area contributed by atoms with Crippen LogP contribution in [-0.4, -0.2) is 50.7 Å². The minimum atomic E-state index is -2.46. The lowest BCUT2D eigenvalue weighted by Crippen LogP contribution is -2.56. The summed E-state index contributed by atoms with van der Waals surface area (Å²) in [6.07, 6.45) is -0.226. The molecule has 1 unspecified atom stereocenters. The predicted molar refractivity (Wildman–Crippen MR) is 44.5 cm³/mol. The van der Waals surface area contributed by atoms with Crippen LogP contribution in [0.5, 0.6) is 0 Å². The second-order valence-corrected chi connectivity index (χ2v) is 2.78. The minimum absolute atomic E-state index is 0.226. The molecule has 0 radical (unpaired) electrons. The first-order valence-corrected chi connectivity index (χ1v) is 3.94. The molecule has 0 heterocycles. The number of rotatable bonds is 6. The first kappa shape index (κ1) is 12.8. The Morgan fingerprint density at radius 1 is 1.36 bits per heavy atom. The van der Waals surface area contributed by atoms with Crippen LogP contribution < -0.4 is 5.32 Å². The van der Waals surface area contributed by atoms with Gasteiger partial charge >= 0.3 is 11.9 Å². The third-order valence-corrected chi connectivity index (χ3v) is 1.69. The third-order valence-electron chi connectivity index (χ3n) is 1.69. The van der Waals surface area contributed by atoms with Crippen LogP contribution >= 0.6 is 0 Å². The molecule has 0 rings (SSSR count). The fraction of sp³-hybridized carbons (Fsp3) is 0.714. The van der Waals surface area contributed by atoms with E-state index in [0.717, 1.165) is 0 Å². The summed E-state index contributed by atoms with van der Waals surface area (Å²) in [7, 11) is 0. The molecule has 0 fully saturated rings. The van der Waals surface area contributed by atoms with Crippen LogP contribution in [0.2, 0.25) is 0 Å². The molecule has 0 saturated carbocycles. The summed E-state index contributed by atoms with van der Waals surface area (Å²) < 4.78 is 0. The molecule has 0 aromatic carbocycles. The zero-order chi connectivity index (χ0) is 11.4. The van der Waals surface area contributed by atoms with Crippen molar-refractivity contribution in [1.82, 2.24) is 5.32 Å². The van der Waals surface area contributed by atoms with Crippen LogP contribution in [-0.2, 0) is 9.59 Å². The molecule has 0 aliphatic carbocycles. The van der Waals surface area contributed by atoms with Crippen molar-refractivity contribution in [1.29, 1.82) is 0 Å². The van der Waals surface area contributed by atoms with Crippen molar-refractivity contribution in [3.8, 4) is 0 Å². The van der Waals surface area contributed by atoms with Crippen LogP contribution in [0.3, 0.4) is 0 Å². The summed E-state index contributed by atoms with van der Waals surface area (Å²) in [6.45, 7) is 0.720. The van der Waals surface area contributed by atoms with Crippen molar-refractivity contribution >= 4 is 11.9 Å². The minimum Gasteiger partial charge on any atom is -0.480 e. The van der Waals surface area contributed by atoms with E-state index in [9.17, 15) is 19.8 Å². The molecule has 0 spiro atoms. The lowest BCUT2D eigenvalue weighted by atomic mass is 10.1. The number of nitrogens with one attached hydrogen (secondary N) is 1. The highest BCUT2D eigenvalue weighted by atomic mass is 16.5. The Morgan fingerprint density at radius 3 is 2.14 bits per heavy atom. The van der Waals surface area contributed by atoms with E-state index in [4.69, 9.17) is 10.2 Å². The second kappa shape index (κ2) is 4.89. The zero-order valence-corrected chi connectivity index (χ0v) is 7.60. The molecule has 0 amide bonds. The molecular formula is C7H13NO6. The molecule has 0 aliphatic rings. The Bertz CT molecular complexity index is 226. The van der Waals surface area contributed by atoms with E-state index in [2.05, 4.69) is 0 Å². The van der Waals surface area contributed by atoms with Gasteiger partial charge in [-0.15, -0.1) is 0 Å². The first-order valence-electron chi connectivity index (χ1n) is 3.94. The average Bonchev–Trinajstić information content (AvgIpc) is 2.03. The summed E-state index contributed by atoms with van der Waals surface area (Å²) in [5, 5.41) is 37.2. The molecule has 0 saturated heterocycles. The number of carboxylic acid groups (broad SMARTS) is 2. The molecule has 82 valence electrons. The fourth-order valence-electron chi connectivity index (χ4n) is 0.842. The lowest BCUT2D eigenvalue weighted by Gasteiger charge is -2.27. The van der Waals surface area contributed by atoms with Crippen molar-refractivity contribution in [2.75, 3.05) is 6.54 Å². The summed E-state index contributed by atoms with van der Waals surface area (Å²) in [6, 6.07) is -1.72. The van der Waals surface area contributed by atoms with Gasteiger partial charge in [0.2, 0.25) is 0 Å². The summed E-state index contributed by atoms with van der Waals surface area (Å²) >= 11 is 0. The Morgan fingerprint density at radius 2 is 1.86 bits per heavy atom. The van der Waals surface area contributed by atoms with E-state index in [0.29, 0.717) is 0 Å². The molecule has 7 nitrogen and oxygen atoms in total. The maximum atomic E-state index is 10.5. The topological polar surface area (TPSA) is 127 Å². The number of aliphatic hydroxyl groups is 2. The van der Waals surface area contributed by atoms with Gasteiger partial charge in [-0.2, -0.15) is 0 Å². The van der Waals surface area contributed by atoms with Crippen molar-refractivity contribution in [2.45, 2.75) is 25.2 Å². The number of carbonyl (C=O) groups is 2. The highest BCUT2D eigenvalue weighted by molar-refractivity contribution is 5.76. The molecule has 1 atom stereocenters. The second-order valence-electron chi connectivity index (χ2n) is 2.78. The van der Waals surface area contributed by atoms with E-state index in [1.54, 1.807) is 0 Å². The van der Waals surface area contributed by atoms with Crippen molar-refractivity contribution in [3.63, 3.8) is 0 Å². The number of hydrogen-bond acceptors (Lipinski definition) is 5. The lowest BCUT2D eigenvalue weighted by molar-refractivity contribution is -0.197. The Balaban J connectivity index is 4.45. The smallest absolute Gasteiger partial charge is 0.326 e. The Kier molecular flexibility index (Phi) is 4.48. The maximum absolute atomic E-state index is 10.5. The van der Waals surface area contributed by atoms with Crippen LogP contribution in [0.25, 0.3) is 0 Å². The van der Waals surface area contributed by atoms with Gasteiger partial charge in [0.25, 0.3) is 0 Å². The molecular weight excluding hydrogens is 194 g/mol. The number of aliphatic carboxylic acids is 2. The molecule has 0 aromatic rings. The quantitative estimate of drug-likeness (QED) is 0.325. The third kappa shape index (κ3) is 3.69. The van der Waals surface area contributed by atoms with E-state index in [1.165, 1.54) is 6.92 Å². The monoisotopic (exact) mass is 207 g/mol. The standard InChI is InChI=1S/C7H13NO6/c1-2-7(13,14)5(6(11)12)8-3-4(9)10/h5,8,13-14H,2-3H2,1H3,(H,9,10)(H,11,12). The van der Waals surface area contributed by atoms with Gasteiger partial charge in [-0.3, -0.25) is 14.9 Å². The van der Waals surface area contributed by atoms with E-state index in [1.807, 2.05) is 5.32 Å². The van der Waals surface area contributed by atoms with Crippen molar-refractivity contribution < 1.29 is 30.0 Å². The molecule has 5 N–H and O–H groups in total. The van der Waals surface area contributed by atoms with E-state index in [-0.39, 0.29) is 6.42 Å². The summed E-state index contributed by atoms with van der Waals surface area (Å²) in [5.41, 5.74) is 0. The molecule has 14 heavy (non-hydrogen) atoms. The van der Waals surface area contributed by atoms with Gasteiger partial charge in [0.05, 0.1) is 6.54 Å². The van der Waals surface area contributed by atoms with Gasteiger partial charge in [0, 0.05) is 6.42 Å². The van der Waals surface area contributed by atoms with Gasteiger partial charge in [0.1, 0.15) is 0 Å². The Hall–Kier alpha value is -1.18.